The van der Waals surface area contributed by atoms with Crippen molar-refractivity contribution in [2.75, 3.05) is 7.11 Å². The molecule has 0 unspecified atom stereocenters. The van der Waals surface area contributed by atoms with Crippen molar-refractivity contribution in [2.24, 2.45) is 0 Å². The Morgan fingerprint density at radius 1 is 1.86 bits per heavy atom. The number of hydrogen-bond acceptors (Lipinski definition) is 1. The predicted octanol–water partition coefficient (Wildman–Crippen LogP) is 1.91. The van der Waals surface area contributed by atoms with Crippen molar-refractivity contribution in [1.82, 2.24) is 0 Å². The van der Waals surface area contributed by atoms with Gasteiger partial charge in [0, 0.05) is 0 Å². The van der Waals surface area contributed by atoms with E-state index in [-0.39, 0.29) is 0 Å². The van der Waals surface area contributed by atoms with Gasteiger partial charge in [0.1, 0.15) is 0 Å². The second kappa shape index (κ2) is 5.20. The van der Waals surface area contributed by atoms with Crippen molar-refractivity contribution in [3.05, 3.63) is 8.80 Å². The van der Waals surface area contributed by atoms with E-state index in [1.54, 1.807) is 3.58 Å². The van der Waals surface area contributed by atoms with Gasteiger partial charge in [0.2, 0.25) is 0 Å². The first-order valence-electron chi connectivity index (χ1n) is 1.77. The third kappa shape index (κ3) is 4.92. The Morgan fingerprint density at radius 2 is 2.43 bits per heavy atom. The molecule has 0 aliphatic rings. The molecule has 0 aliphatic heterocycles. The Bertz CT molecular complexity index is 73.3. The third-order valence-corrected chi connectivity index (χ3v) is 5.14. The van der Waals surface area contributed by atoms with Gasteiger partial charge < -0.3 is 0 Å². The molecule has 0 bridgehead atoms. The van der Waals surface area contributed by atoms with E-state index in [1.165, 1.54) is 7.11 Å². The molecule has 0 fully saturated rings. The van der Waals surface area contributed by atoms with Gasteiger partial charge in [0.05, 0.1) is 0 Å². The fourth-order valence-corrected chi connectivity index (χ4v) is 3.86. The molecule has 7 heavy (non-hydrogen) atoms. The molecule has 4 heteroatoms. The Hall–Kier alpha value is 1.06. The zero-order valence-corrected chi connectivity index (χ0v) is 11.0. The van der Waals surface area contributed by atoms with Gasteiger partial charge in [-0.25, -0.2) is 0 Å². The molecule has 1 nitrogen and oxygen atoms in total. The van der Waals surface area contributed by atoms with E-state index in [4.69, 9.17) is 19.9 Å². The molecular weight excluding hydrogens is 324 g/mol. The van der Waals surface area contributed by atoms with Crippen molar-refractivity contribution in [3.63, 3.8) is 0 Å². The Balaban J connectivity index is 3.29. The molecule has 0 amide bonds. The maximum atomic E-state index is 5.46. The van der Waals surface area contributed by atoms with Gasteiger partial charge in [-0.2, -0.15) is 0 Å². The molecule has 0 saturated heterocycles. The van der Waals surface area contributed by atoms with Gasteiger partial charge in [-0.3, -0.25) is 0 Å². The molecule has 0 aromatic rings. The van der Waals surface area contributed by atoms with E-state index in [1.807, 2.05) is 0 Å². The Labute approximate surface area is 63.5 Å². The molecule has 0 aliphatic carbocycles. The van der Waals surface area contributed by atoms with Crippen LogP contribution in [0.5, 0.6) is 0 Å². The van der Waals surface area contributed by atoms with Crippen LogP contribution in [0.2, 0.25) is 0 Å². The van der Waals surface area contributed by atoms with E-state index >= 15 is 0 Å². The SMILES string of the molecule is CO/C(Cl)=[CH]\[Hg][Cl]. The van der Waals surface area contributed by atoms with Gasteiger partial charge in [-0.1, -0.05) is 0 Å². The standard InChI is InChI=1S/C3H4ClO.ClH.Hg/c1-3(4)5-2;;/h1H,2H3;1H;/q;;+1/p-1. The normalized spacial score (nSPS) is 10.4. The van der Waals surface area contributed by atoms with Gasteiger partial charge >= 0.3 is 63.8 Å². The Morgan fingerprint density at radius 3 is 2.57 bits per heavy atom. The molecule has 0 radical (unpaired) electrons. The first-order valence-corrected chi connectivity index (χ1v) is 12.1. The molecular formula is C3H4Cl2HgO. The zero-order chi connectivity index (χ0) is 5.70. The summed E-state index contributed by atoms with van der Waals surface area (Å²) in [6.45, 7) is 0. The molecule has 0 spiro atoms. The van der Waals surface area contributed by atoms with Crippen LogP contribution in [-0.4, -0.2) is 7.11 Å². The summed E-state index contributed by atoms with van der Waals surface area (Å²) in [6, 6.07) is 0. The van der Waals surface area contributed by atoms with Crippen molar-refractivity contribution >= 4 is 19.9 Å². The van der Waals surface area contributed by atoms with Crippen LogP contribution in [0.3, 0.4) is 0 Å². The van der Waals surface area contributed by atoms with Crippen molar-refractivity contribution in [1.29, 1.82) is 0 Å². The summed E-state index contributed by atoms with van der Waals surface area (Å²) in [4.78, 5) is 0. The van der Waals surface area contributed by atoms with Gasteiger partial charge in [-0.15, -0.1) is 0 Å². The summed E-state index contributed by atoms with van der Waals surface area (Å²) >= 11 is 4.19. The number of hydrogen-bond donors (Lipinski definition) is 0. The molecule has 38 valence electrons. The van der Waals surface area contributed by atoms with Gasteiger partial charge in [-0.05, 0) is 0 Å². The van der Waals surface area contributed by atoms with Crippen molar-refractivity contribution in [3.8, 4) is 0 Å². The zero-order valence-electron chi connectivity index (χ0n) is 3.95. The molecule has 0 aromatic carbocycles. The van der Waals surface area contributed by atoms with E-state index in [2.05, 4.69) is 4.74 Å². The second-order valence-electron chi connectivity index (χ2n) is 0.867. The monoisotopic (exact) mass is 328 g/mol. The van der Waals surface area contributed by atoms with Gasteiger partial charge in [0.15, 0.2) is 0 Å². The van der Waals surface area contributed by atoms with E-state index in [0.717, 1.165) is 0 Å². The molecule has 0 heterocycles. The predicted molar refractivity (Wildman–Crippen MR) is 26.8 cm³/mol. The maximum absolute atomic E-state index is 5.46. The number of methoxy groups -OCH3 is 1. The molecule has 0 N–H and O–H groups in total. The third-order valence-electron chi connectivity index (χ3n) is 0.433. The molecule has 0 saturated carbocycles. The average molecular weight is 328 g/mol. The first kappa shape index (κ1) is 8.06. The van der Waals surface area contributed by atoms with Crippen LogP contribution >= 0.6 is 19.9 Å². The molecule has 0 rings (SSSR count). The molecule has 0 atom stereocenters. The fraction of sp³-hybridized carbons (Fsp3) is 0.333. The summed E-state index contributed by atoms with van der Waals surface area (Å²) in [5.41, 5.74) is 0. The summed E-state index contributed by atoms with van der Waals surface area (Å²) in [6.07, 6.45) is 0. The van der Waals surface area contributed by atoms with Crippen LogP contribution in [0.4, 0.5) is 0 Å². The fourth-order valence-electron chi connectivity index (χ4n) is 0.144. The minimum absolute atomic E-state index is 0.441. The Kier molecular flexibility index (Phi) is 5.98. The van der Waals surface area contributed by atoms with Gasteiger partial charge in [0.25, 0.3) is 0 Å². The second-order valence-corrected chi connectivity index (χ2v) is 6.73. The average Bonchev–Trinajstić information content (AvgIpc) is 1.68. The van der Waals surface area contributed by atoms with Crippen LogP contribution in [0, 0.1) is 0 Å². The summed E-state index contributed by atoms with van der Waals surface area (Å²) in [5, 5.41) is 0.441. The first-order chi connectivity index (χ1) is 3.31. The van der Waals surface area contributed by atoms with Crippen LogP contribution in [0.1, 0.15) is 0 Å². The van der Waals surface area contributed by atoms with Crippen LogP contribution in [-0.2, 0) is 28.1 Å². The van der Waals surface area contributed by atoms with Crippen LogP contribution in [0.25, 0.3) is 0 Å². The van der Waals surface area contributed by atoms with E-state index < -0.39 is 23.3 Å². The van der Waals surface area contributed by atoms with Crippen LogP contribution in [0.15, 0.2) is 8.80 Å². The summed E-state index contributed by atoms with van der Waals surface area (Å²) in [7, 11) is 6.98. The summed E-state index contributed by atoms with van der Waals surface area (Å²) in [5.74, 6) is 0. The minimum atomic E-state index is -1.18. The quantitative estimate of drug-likeness (QED) is 0.556. The van der Waals surface area contributed by atoms with Crippen LogP contribution < -0.4 is 0 Å². The van der Waals surface area contributed by atoms with Crippen molar-refractivity contribution in [2.45, 2.75) is 0 Å². The molecule has 0 aromatic heterocycles. The number of ether oxygens (including phenoxy) is 1. The van der Waals surface area contributed by atoms with Crippen molar-refractivity contribution < 1.29 is 28.1 Å². The number of rotatable bonds is 2. The van der Waals surface area contributed by atoms with E-state index in [0.29, 0.717) is 5.22 Å². The number of halogens is 2. The summed E-state index contributed by atoms with van der Waals surface area (Å²) < 4.78 is 6.38. The van der Waals surface area contributed by atoms with E-state index in [9.17, 15) is 0 Å². The topological polar surface area (TPSA) is 9.23 Å².